The maximum atomic E-state index is 12.3. The molecule has 0 radical (unpaired) electrons. The molecule has 0 unspecified atom stereocenters. The molecule has 1 aliphatic heterocycles. The molecule has 1 amide bonds. The molecule has 1 fully saturated rings. The third-order valence-electron chi connectivity index (χ3n) is 5.26. The van der Waals surface area contributed by atoms with Gasteiger partial charge in [-0.1, -0.05) is 5.16 Å². The van der Waals surface area contributed by atoms with Crippen molar-refractivity contribution in [1.29, 1.82) is 0 Å². The zero-order valence-electron chi connectivity index (χ0n) is 18.1. The molecule has 0 atom stereocenters. The fourth-order valence-electron chi connectivity index (χ4n) is 3.35. The number of carbonyl (C=O) groups excluding carboxylic acids is 1. The van der Waals surface area contributed by atoms with Crippen LogP contribution in [0.2, 0.25) is 0 Å². The summed E-state index contributed by atoms with van der Waals surface area (Å²) >= 11 is 0. The lowest BCUT2D eigenvalue weighted by molar-refractivity contribution is -0.122. The summed E-state index contributed by atoms with van der Waals surface area (Å²) in [6.45, 7) is 8.06. The summed E-state index contributed by atoms with van der Waals surface area (Å²) < 4.78 is 21.3. The number of benzene rings is 1. The first kappa shape index (κ1) is 22.0. The van der Waals surface area contributed by atoms with Gasteiger partial charge in [0, 0.05) is 43.6 Å². The number of aromatic nitrogens is 2. The van der Waals surface area contributed by atoms with Crippen molar-refractivity contribution in [1.82, 2.24) is 20.4 Å². The van der Waals surface area contributed by atoms with Gasteiger partial charge in [0.15, 0.2) is 11.5 Å². The standard InChI is InChI=1S/C21H30N4O5/c1-21(2,25-9-11-29-12-10-25)14-22-18(26)7-8-19-23-20(24-30-19)15-5-6-16(27-3)17(13-15)28-4/h5-6,13H,7-12,14H2,1-4H3,(H,22,26). The molecule has 2 aromatic rings. The molecule has 1 N–H and O–H groups in total. The van der Waals surface area contributed by atoms with E-state index in [0.29, 0.717) is 36.2 Å². The second-order valence-corrected chi connectivity index (χ2v) is 7.77. The van der Waals surface area contributed by atoms with Gasteiger partial charge in [-0.3, -0.25) is 9.69 Å². The van der Waals surface area contributed by atoms with E-state index in [0.717, 1.165) is 31.9 Å². The van der Waals surface area contributed by atoms with Gasteiger partial charge in [-0.25, -0.2) is 0 Å². The van der Waals surface area contributed by atoms with Crippen LogP contribution in [0.3, 0.4) is 0 Å². The number of nitrogens with zero attached hydrogens (tertiary/aromatic N) is 3. The minimum Gasteiger partial charge on any atom is -0.493 e. The highest BCUT2D eigenvalue weighted by Gasteiger charge is 2.28. The molecule has 30 heavy (non-hydrogen) atoms. The summed E-state index contributed by atoms with van der Waals surface area (Å²) in [5.74, 6) is 2.04. The molecule has 0 saturated carbocycles. The number of aryl methyl sites for hydroxylation is 1. The molecule has 0 spiro atoms. The van der Waals surface area contributed by atoms with Crippen LogP contribution in [-0.4, -0.2) is 73.6 Å². The Labute approximate surface area is 176 Å². The molecular formula is C21H30N4O5. The van der Waals surface area contributed by atoms with Crippen LogP contribution < -0.4 is 14.8 Å². The Balaban J connectivity index is 1.51. The van der Waals surface area contributed by atoms with Gasteiger partial charge in [-0.2, -0.15) is 4.98 Å². The van der Waals surface area contributed by atoms with Crippen molar-refractivity contribution >= 4 is 5.91 Å². The van der Waals surface area contributed by atoms with E-state index in [2.05, 4.69) is 34.2 Å². The number of hydrogen-bond acceptors (Lipinski definition) is 8. The van der Waals surface area contributed by atoms with Crippen molar-refractivity contribution in [2.75, 3.05) is 47.1 Å². The lowest BCUT2D eigenvalue weighted by Gasteiger charge is -2.40. The first-order valence-corrected chi connectivity index (χ1v) is 10.1. The summed E-state index contributed by atoms with van der Waals surface area (Å²) in [6, 6.07) is 5.40. The highest BCUT2D eigenvalue weighted by molar-refractivity contribution is 5.76. The van der Waals surface area contributed by atoms with Crippen molar-refractivity contribution in [3.05, 3.63) is 24.1 Å². The number of ether oxygens (including phenoxy) is 3. The van der Waals surface area contributed by atoms with Crippen LogP contribution in [0.25, 0.3) is 11.4 Å². The summed E-state index contributed by atoms with van der Waals surface area (Å²) in [4.78, 5) is 19.0. The third-order valence-corrected chi connectivity index (χ3v) is 5.26. The van der Waals surface area contributed by atoms with Crippen LogP contribution in [0.1, 0.15) is 26.2 Å². The smallest absolute Gasteiger partial charge is 0.227 e. The number of nitrogens with one attached hydrogen (secondary N) is 1. The van der Waals surface area contributed by atoms with E-state index in [9.17, 15) is 4.79 Å². The Kier molecular flexibility index (Phi) is 7.28. The molecule has 9 nitrogen and oxygen atoms in total. The number of rotatable bonds is 9. The number of morpholine rings is 1. The maximum absolute atomic E-state index is 12.3. The Morgan fingerprint density at radius 1 is 1.20 bits per heavy atom. The zero-order valence-corrected chi connectivity index (χ0v) is 18.1. The lowest BCUT2D eigenvalue weighted by atomic mass is 10.0. The fraction of sp³-hybridized carbons (Fsp3) is 0.571. The predicted octanol–water partition coefficient (Wildman–Crippen LogP) is 1.91. The van der Waals surface area contributed by atoms with Crippen LogP contribution in [0.5, 0.6) is 11.5 Å². The van der Waals surface area contributed by atoms with Gasteiger partial charge in [0.1, 0.15) is 0 Å². The molecule has 1 aliphatic rings. The van der Waals surface area contributed by atoms with E-state index >= 15 is 0 Å². The summed E-state index contributed by atoms with van der Waals surface area (Å²) in [5.41, 5.74) is 0.629. The van der Waals surface area contributed by atoms with Crippen molar-refractivity contribution in [3.8, 4) is 22.9 Å². The molecule has 2 heterocycles. The highest BCUT2D eigenvalue weighted by atomic mass is 16.5. The molecule has 9 heteroatoms. The van der Waals surface area contributed by atoms with Gasteiger partial charge in [0.05, 0.1) is 27.4 Å². The fourth-order valence-corrected chi connectivity index (χ4v) is 3.35. The van der Waals surface area contributed by atoms with Crippen molar-refractivity contribution in [3.63, 3.8) is 0 Å². The van der Waals surface area contributed by atoms with Gasteiger partial charge in [0.25, 0.3) is 0 Å². The first-order valence-electron chi connectivity index (χ1n) is 10.1. The molecule has 1 saturated heterocycles. The van der Waals surface area contributed by atoms with E-state index in [1.54, 1.807) is 26.4 Å². The number of hydrogen-bond donors (Lipinski definition) is 1. The van der Waals surface area contributed by atoms with Crippen LogP contribution in [-0.2, 0) is 16.0 Å². The predicted molar refractivity (Wildman–Crippen MR) is 111 cm³/mol. The van der Waals surface area contributed by atoms with Crippen LogP contribution >= 0.6 is 0 Å². The monoisotopic (exact) mass is 418 g/mol. The molecule has 1 aromatic carbocycles. The van der Waals surface area contributed by atoms with E-state index in [1.807, 2.05) is 6.07 Å². The molecule has 1 aromatic heterocycles. The van der Waals surface area contributed by atoms with Crippen molar-refractivity contribution < 1.29 is 23.5 Å². The molecule has 0 bridgehead atoms. The normalized spacial score (nSPS) is 15.1. The molecule has 3 rings (SSSR count). The summed E-state index contributed by atoms with van der Waals surface area (Å²) in [6.07, 6.45) is 0.664. The average molecular weight is 418 g/mol. The Hall–Kier alpha value is -2.65. The number of amides is 1. The lowest BCUT2D eigenvalue weighted by Crippen LogP contribution is -2.55. The number of methoxy groups -OCH3 is 2. The van der Waals surface area contributed by atoms with E-state index in [4.69, 9.17) is 18.7 Å². The van der Waals surface area contributed by atoms with Gasteiger partial charge < -0.3 is 24.1 Å². The largest absolute Gasteiger partial charge is 0.493 e. The van der Waals surface area contributed by atoms with Gasteiger partial charge >= 0.3 is 0 Å². The second-order valence-electron chi connectivity index (χ2n) is 7.77. The van der Waals surface area contributed by atoms with Crippen LogP contribution in [0, 0.1) is 0 Å². The van der Waals surface area contributed by atoms with Gasteiger partial charge in [-0.15, -0.1) is 0 Å². The van der Waals surface area contributed by atoms with Crippen molar-refractivity contribution in [2.45, 2.75) is 32.2 Å². The van der Waals surface area contributed by atoms with Crippen LogP contribution in [0.15, 0.2) is 22.7 Å². The molecule has 164 valence electrons. The second kappa shape index (κ2) is 9.90. The zero-order chi connectivity index (χ0) is 21.6. The van der Waals surface area contributed by atoms with E-state index in [-0.39, 0.29) is 17.9 Å². The Morgan fingerprint density at radius 2 is 1.93 bits per heavy atom. The van der Waals surface area contributed by atoms with Crippen molar-refractivity contribution in [2.24, 2.45) is 0 Å². The first-order chi connectivity index (χ1) is 14.4. The number of carbonyl (C=O) groups is 1. The quantitative estimate of drug-likeness (QED) is 0.659. The van der Waals surface area contributed by atoms with Gasteiger partial charge in [0.2, 0.25) is 17.6 Å². The molecule has 0 aliphatic carbocycles. The minimum absolute atomic E-state index is 0.0396. The van der Waals surface area contributed by atoms with Crippen LogP contribution in [0.4, 0.5) is 0 Å². The Bertz CT molecular complexity index is 846. The summed E-state index contributed by atoms with van der Waals surface area (Å²) in [7, 11) is 3.15. The third kappa shape index (κ3) is 5.48. The van der Waals surface area contributed by atoms with E-state index in [1.165, 1.54) is 0 Å². The SMILES string of the molecule is COc1ccc(-c2noc(CCC(=O)NCC(C)(C)N3CCOCC3)n2)cc1OC. The minimum atomic E-state index is -0.121. The summed E-state index contributed by atoms with van der Waals surface area (Å²) in [5, 5.41) is 7.02. The topological polar surface area (TPSA) is 99.0 Å². The van der Waals surface area contributed by atoms with E-state index < -0.39 is 0 Å². The van der Waals surface area contributed by atoms with Gasteiger partial charge in [-0.05, 0) is 32.0 Å². The highest BCUT2D eigenvalue weighted by Crippen LogP contribution is 2.31. The molecular weight excluding hydrogens is 388 g/mol. The maximum Gasteiger partial charge on any atom is 0.227 e. The Morgan fingerprint density at radius 3 is 2.63 bits per heavy atom. The average Bonchev–Trinajstić information content (AvgIpc) is 3.25.